The normalized spacial score (nSPS) is 9.17. The van der Waals surface area contributed by atoms with Crippen LogP contribution in [0.2, 0.25) is 5.02 Å². The zero-order chi connectivity index (χ0) is 8.97. The molecule has 0 spiro atoms. The Morgan fingerprint density at radius 3 is 2.92 bits per heavy atom. The highest BCUT2D eigenvalue weighted by molar-refractivity contribution is 7.78. The monoisotopic (exact) mass is 201 g/mol. The smallest absolute Gasteiger partial charge is 0.129 e. The fourth-order valence-corrected chi connectivity index (χ4v) is 1.08. The van der Waals surface area contributed by atoms with Crippen molar-refractivity contribution >= 4 is 29.0 Å². The Morgan fingerprint density at radius 1 is 1.58 bits per heavy atom. The van der Waals surface area contributed by atoms with E-state index >= 15 is 0 Å². The number of benzene rings is 1. The summed E-state index contributed by atoms with van der Waals surface area (Å²) in [6, 6.07) is 4.49. The van der Waals surface area contributed by atoms with Gasteiger partial charge >= 0.3 is 0 Å². The second kappa shape index (κ2) is 4.31. The number of rotatable bonds is 2. The van der Waals surface area contributed by atoms with Crippen LogP contribution >= 0.6 is 23.8 Å². The molecule has 12 heavy (non-hydrogen) atoms. The molecule has 1 aromatic rings. The molecule has 0 atom stereocenters. The summed E-state index contributed by atoms with van der Waals surface area (Å²) in [5.74, 6) is -0.364. The molecule has 0 unspecified atom stereocenters. The summed E-state index contributed by atoms with van der Waals surface area (Å²) < 4.78 is 13.0. The first-order valence-corrected chi connectivity index (χ1v) is 4.01. The largest absolute Gasteiger partial charge is 0.228 e. The van der Waals surface area contributed by atoms with E-state index in [9.17, 15) is 4.39 Å². The third-order valence-electron chi connectivity index (χ3n) is 1.36. The Kier molecular flexibility index (Phi) is 3.35. The number of nitrogens with zero attached hydrogens (tertiary/aromatic N) is 1. The van der Waals surface area contributed by atoms with E-state index in [0.29, 0.717) is 10.6 Å². The van der Waals surface area contributed by atoms with E-state index in [1.807, 2.05) is 0 Å². The van der Waals surface area contributed by atoms with E-state index in [-0.39, 0.29) is 12.4 Å². The lowest BCUT2D eigenvalue weighted by Crippen LogP contribution is -1.88. The van der Waals surface area contributed by atoms with Crippen molar-refractivity contribution in [3.05, 3.63) is 34.6 Å². The second-order valence-corrected chi connectivity index (χ2v) is 2.70. The quantitative estimate of drug-likeness (QED) is 0.529. The van der Waals surface area contributed by atoms with Gasteiger partial charge in [0.2, 0.25) is 0 Å². The molecular formula is C8H5ClFNS. The second-order valence-electron chi connectivity index (χ2n) is 2.11. The Hall–Kier alpha value is -0.760. The van der Waals surface area contributed by atoms with E-state index in [2.05, 4.69) is 22.4 Å². The molecule has 0 saturated carbocycles. The van der Waals surface area contributed by atoms with E-state index < -0.39 is 0 Å². The molecule has 62 valence electrons. The Morgan fingerprint density at radius 2 is 2.33 bits per heavy atom. The molecule has 0 aliphatic rings. The average Bonchev–Trinajstić information content (AvgIpc) is 2.04. The molecule has 0 radical (unpaired) electrons. The Labute approximate surface area is 79.9 Å². The number of aliphatic imine (C=N–C) groups is 1. The predicted molar refractivity (Wildman–Crippen MR) is 50.1 cm³/mol. The van der Waals surface area contributed by atoms with Gasteiger partial charge in [0.05, 0.1) is 11.7 Å². The Bertz CT molecular complexity index is 314. The molecule has 0 N–H and O–H groups in total. The summed E-state index contributed by atoms with van der Waals surface area (Å²) in [7, 11) is 0. The van der Waals surface area contributed by atoms with Gasteiger partial charge in [0.1, 0.15) is 5.82 Å². The minimum atomic E-state index is -0.364. The molecule has 0 aliphatic carbocycles. The van der Waals surface area contributed by atoms with Crippen molar-refractivity contribution in [3.63, 3.8) is 0 Å². The van der Waals surface area contributed by atoms with Crippen LogP contribution in [0.5, 0.6) is 0 Å². The zero-order valence-electron chi connectivity index (χ0n) is 6.05. The fraction of sp³-hybridized carbons (Fsp3) is 0.125. The number of hydrogen-bond acceptors (Lipinski definition) is 2. The van der Waals surface area contributed by atoms with Crippen LogP contribution in [0.15, 0.2) is 23.2 Å². The predicted octanol–water partition coefficient (Wildman–Crippen LogP) is 3.08. The van der Waals surface area contributed by atoms with Crippen LogP contribution in [0.4, 0.5) is 4.39 Å². The summed E-state index contributed by atoms with van der Waals surface area (Å²) >= 11 is 10.1. The highest BCUT2D eigenvalue weighted by Gasteiger charge is 2.04. The lowest BCUT2D eigenvalue weighted by atomic mass is 10.2. The van der Waals surface area contributed by atoms with Crippen LogP contribution in [0.25, 0.3) is 0 Å². The van der Waals surface area contributed by atoms with Crippen LogP contribution in [0, 0.1) is 5.82 Å². The Balaban J connectivity index is 3.03. The van der Waals surface area contributed by atoms with Gasteiger partial charge in [-0.05, 0) is 24.4 Å². The minimum Gasteiger partial charge on any atom is -0.228 e. The maximum Gasteiger partial charge on any atom is 0.129 e. The van der Waals surface area contributed by atoms with Crippen molar-refractivity contribution in [1.29, 1.82) is 0 Å². The molecule has 0 heterocycles. The molecule has 0 saturated heterocycles. The summed E-state index contributed by atoms with van der Waals surface area (Å²) in [6.45, 7) is 0.148. The molecule has 1 rings (SSSR count). The van der Waals surface area contributed by atoms with Crippen molar-refractivity contribution in [1.82, 2.24) is 0 Å². The average molecular weight is 202 g/mol. The molecule has 0 aromatic heterocycles. The van der Waals surface area contributed by atoms with Gasteiger partial charge in [-0.1, -0.05) is 17.7 Å². The topological polar surface area (TPSA) is 12.4 Å². The molecule has 0 aliphatic heterocycles. The van der Waals surface area contributed by atoms with Crippen LogP contribution in [0.3, 0.4) is 0 Å². The number of thiocarbonyl (C=S) groups is 1. The molecule has 1 aromatic carbocycles. The summed E-state index contributed by atoms with van der Waals surface area (Å²) in [5, 5.41) is 2.52. The molecule has 1 nitrogen and oxygen atoms in total. The standard InChI is InChI=1S/C8H5ClFNS/c9-7-2-1-3-8(10)6(7)4-11-5-12/h1-3H,4H2. The lowest BCUT2D eigenvalue weighted by Gasteiger charge is -1.99. The lowest BCUT2D eigenvalue weighted by molar-refractivity contribution is 0.611. The first kappa shape index (κ1) is 9.33. The van der Waals surface area contributed by atoms with Gasteiger partial charge in [-0.3, -0.25) is 0 Å². The number of halogens is 2. The zero-order valence-corrected chi connectivity index (χ0v) is 7.62. The highest BCUT2D eigenvalue weighted by atomic mass is 35.5. The number of hydrogen-bond donors (Lipinski definition) is 0. The maximum atomic E-state index is 13.0. The summed E-state index contributed by atoms with van der Waals surface area (Å²) in [4.78, 5) is 3.60. The SMILES string of the molecule is Fc1cccc(Cl)c1CN=C=S. The molecule has 0 bridgehead atoms. The third-order valence-corrected chi connectivity index (χ3v) is 1.85. The van der Waals surface area contributed by atoms with Crippen molar-refractivity contribution in [2.75, 3.05) is 0 Å². The van der Waals surface area contributed by atoms with E-state index in [4.69, 9.17) is 11.6 Å². The van der Waals surface area contributed by atoms with Gasteiger partial charge in [-0.2, -0.15) is 0 Å². The number of isothiocyanates is 1. The van der Waals surface area contributed by atoms with Gasteiger partial charge in [0.15, 0.2) is 0 Å². The molecular weight excluding hydrogens is 197 g/mol. The van der Waals surface area contributed by atoms with Crippen molar-refractivity contribution in [2.24, 2.45) is 4.99 Å². The first-order chi connectivity index (χ1) is 5.75. The minimum absolute atomic E-state index is 0.148. The van der Waals surface area contributed by atoms with E-state index in [0.717, 1.165) is 0 Å². The molecule has 0 fully saturated rings. The van der Waals surface area contributed by atoms with Crippen molar-refractivity contribution < 1.29 is 4.39 Å². The van der Waals surface area contributed by atoms with Crippen LogP contribution in [-0.2, 0) is 6.54 Å². The summed E-state index contributed by atoms with van der Waals surface area (Å²) in [6.07, 6.45) is 0. The third kappa shape index (κ3) is 2.11. The highest BCUT2D eigenvalue weighted by Crippen LogP contribution is 2.19. The van der Waals surface area contributed by atoms with Gasteiger partial charge in [0, 0.05) is 10.6 Å². The van der Waals surface area contributed by atoms with Crippen LogP contribution < -0.4 is 0 Å². The molecule has 4 heteroatoms. The fourth-order valence-electron chi connectivity index (χ4n) is 0.795. The van der Waals surface area contributed by atoms with Crippen molar-refractivity contribution in [2.45, 2.75) is 6.54 Å². The first-order valence-electron chi connectivity index (χ1n) is 3.22. The summed E-state index contributed by atoms with van der Waals surface area (Å²) in [5.41, 5.74) is 0.358. The van der Waals surface area contributed by atoms with Gasteiger partial charge in [0.25, 0.3) is 0 Å². The van der Waals surface area contributed by atoms with E-state index in [1.54, 1.807) is 12.1 Å². The molecule has 0 amide bonds. The van der Waals surface area contributed by atoms with Crippen molar-refractivity contribution in [3.8, 4) is 0 Å². The van der Waals surface area contributed by atoms with E-state index in [1.165, 1.54) is 6.07 Å². The van der Waals surface area contributed by atoms with Gasteiger partial charge < -0.3 is 0 Å². The van der Waals surface area contributed by atoms with Crippen LogP contribution in [0.1, 0.15) is 5.56 Å². The van der Waals surface area contributed by atoms with Gasteiger partial charge in [-0.15, -0.1) is 0 Å². The van der Waals surface area contributed by atoms with Crippen LogP contribution in [-0.4, -0.2) is 5.16 Å². The maximum absolute atomic E-state index is 13.0. The van der Waals surface area contributed by atoms with Gasteiger partial charge in [-0.25, -0.2) is 9.38 Å².